The number of amides is 1. The third-order valence-electron chi connectivity index (χ3n) is 5.35. The second kappa shape index (κ2) is 9.19. The molecule has 1 aliphatic rings. The third-order valence-corrected chi connectivity index (χ3v) is 6.24. The maximum Gasteiger partial charge on any atom is 0.411 e. The van der Waals surface area contributed by atoms with Crippen LogP contribution in [0.1, 0.15) is 29.4 Å². The summed E-state index contributed by atoms with van der Waals surface area (Å²) in [5.74, 6) is -1.23. The number of ether oxygens (including phenoxy) is 1. The van der Waals surface area contributed by atoms with Crippen molar-refractivity contribution < 1.29 is 27.1 Å². The summed E-state index contributed by atoms with van der Waals surface area (Å²) in [7, 11) is 0. The van der Waals surface area contributed by atoms with E-state index in [-0.39, 0.29) is 28.8 Å². The van der Waals surface area contributed by atoms with Crippen LogP contribution in [0.5, 0.6) is 0 Å². The molecule has 0 atom stereocenters. The van der Waals surface area contributed by atoms with Gasteiger partial charge in [0, 0.05) is 23.3 Å². The summed E-state index contributed by atoms with van der Waals surface area (Å²) in [6, 6.07) is 3.95. The van der Waals surface area contributed by atoms with Crippen LogP contribution in [0.25, 0.3) is 22.0 Å². The first-order valence-corrected chi connectivity index (χ1v) is 11.3. The van der Waals surface area contributed by atoms with Gasteiger partial charge < -0.3 is 10.1 Å². The first-order valence-electron chi connectivity index (χ1n) is 10.4. The quantitative estimate of drug-likeness (QED) is 0.282. The Morgan fingerprint density at radius 3 is 2.83 bits per heavy atom. The van der Waals surface area contributed by atoms with Crippen molar-refractivity contribution in [1.29, 1.82) is 0 Å². The van der Waals surface area contributed by atoms with Crippen LogP contribution < -0.4 is 5.32 Å². The number of hydrogen-bond acceptors (Lipinski definition) is 7. The highest BCUT2D eigenvalue weighted by atomic mass is 32.1. The fourth-order valence-electron chi connectivity index (χ4n) is 3.57. The van der Waals surface area contributed by atoms with E-state index in [0.29, 0.717) is 17.8 Å². The monoisotopic (exact) mass is 507 g/mol. The normalized spacial score (nSPS) is 17.8. The van der Waals surface area contributed by atoms with Gasteiger partial charge in [-0.05, 0) is 25.0 Å². The molecule has 1 saturated carbocycles. The van der Waals surface area contributed by atoms with Gasteiger partial charge >= 0.3 is 6.18 Å². The van der Waals surface area contributed by atoms with Crippen LogP contribution in [0.2, 0.25) is 0 Å². The number of aromatic nitrogens is 6. The maximum absolute atomic E-state index is 13.8. The lowest BCUT2D eigenvalue weighted by Gasteiger charge is -2.35. The Morgan fingerprint density at radius 2 is 2.11 bits per heavy atom. The Bertz CT molecular complexity index is 1330. The summed E-state index contributed by atoms with van der Waals surface area (Å²) in [5.41, 5.74) is 1.59. The molecule has 4 aromatic rings. The van der Waals surface area contributed by atoms with E-state index in [1.165, 1.54) is 28.2 Å². The molecule has 1 amide bonds. The van der Waals surface area contributed by atoms with E-state index < -0.39 is 30.7 Å². The molecule has 0 unspecified atom stereocenters. The lowest BCUT2D eigenvalue weighted by Crippen LogP contribution is -2.36. The molecule has 14 heteroatoms. The van der Waals surface area contributed by atoms with Crippen molar-refractivity contribution in [2.24, 2.45) is 0 Å². The first-order chi connectivity index (χ1) is 16.7. The fraction of sp³-hybridized carbons (Fsp3) is 0.286. The van der Waals surface area contributed by atoms with Crippen molar-refractivity contribution in [3.8, 4) is 22.0 Å². The summed E-state index contributed by atoms with van der Waals surface area (Å²) in [4.78, 5) is 21.1. The average Bonchev–Trinajstić information content (AvgIpc) is 3.52. The summed E-state index contributed by atoms with van der Waals surface area (Å²) >= 11 is 1.27. The van der Waals surface area contributed by atoms with E-state index in [2.05, 4.69) is 30.6 Å². The summed E-state index contributed by atoms with van der Waals surface area (Å²) < 4.78 is 57.3. The predicted molar refractivity (Wildman–Crippen MR) is 117 cm³/mol. The van der Waals surface area contributed by atoms with Gasteiger partial charge in [-0.1, -0.05) is 6.07 Å². The van der Waals surface area contributed by atoms with Gasteiger partial charge in [0.15, 0.2) is 0 Å². The van der Waals surface area contributed by atoms with Gasteiger partial charge in [-0.25, -0.2) is 9.97 Å². The fourth-order valence-corrected chi connectivity index (χ4v) is 4.35. The standard InChI is InChI=1S/C21H17F4N7O2S/c22-17-3-1-2-14(28-17)18-15(8-32(31-18)12-4-13(5-12)34-10-21(23,24)25)29-19(33)16-9-35-20(30-16)11-6-26-27-7-11/h1-3,6-9,12-13H,4-5,10H2,(H,26,27)(H,29,33)/t12-,13-. The molecule has 0 bridgehead atoms. The molecule has 0 aromatic carbocycles. The minimum atomic E-state index is -4.39. The van der Waals surface area contributed by atoms with Crippen LogP contribution in [-0.2, 0) is 4.74 Å². The zero-order valence-electron chi connectivity index (χ0n) is 17.8. The van der Waals surface area contributed by atoms with E-state index in [4.69, 9.17) is 4.74 Å². The van der Waals surface area contributed by atoms with Crippen molar-refractivity contribution in [2.75, 3.05) is 11.9 Å². The number of alkyl halides is 3. The molecular formula is C21H17F4N7O2S. The van der Waals surface area contributed by atoms with Gasteiger partial charge in [0.05, 0.1) is 29.7 Å². The van der Waals surface area contributed by atoms with Crippen molar-refractivity contribution in [2.45, 2.75) is 31.2 Å². The topological polar surface area (TPSA) is 111 Å². The van der Waals surface area contributed by atoms with Crippen molar-refractivity contribution in [3.05, 3.63) is 53.8 Å². The summed E-state index contributed by atoms with van der Waals surface area (Å²) in [6.45, 7) is -1.31. The molecule has 35 heavy (non-hydrogen) atoms. The highest BCUT2D eigenvalue weighted by Gasteiger charge is 2.37. The Hall–Kier alpha value is -3.65. The molecule has 0 saturated heterocycles. The van der Waals surface area contributed by atoms with Crippen molar-refractivity contribution in [1.82, 2.24) is 29.9 Å². The lowest BCUT2D eigenvalue weighted by molar-refractivity contribution is -0.196. The molecule has 4 heterocycles. The minimum Gasteiger partial charge on any atom is -0.369 e. The highest BCUT2D eigenvalue weighted by Crippen LogP contribution is 2.37. The number of nitrogens with one attached hydrogen (secondary N) is 2. The average molecular weight is 507 g/mol. The van der Waals surface area contributed by atoms with Crippen LogP contribution in [0.15, 0.2) is 42.2 Å². The maximum atomic E-state index is 13.8. The number of carbonyl (C=O) groups is 1. The van der Waals surface area contributed by atoms with Gasteiger partial charge in [-0.15, -0.1) is 11.3 Å². The van der Waals surface area contributed by atoms with E-state index in [9.17, 15) is 22.4 Å². The SMILES string of the molecule is O=C(Nc1cn([C@H]2C[C@H](OCC(F)(F)F)C2)nc1-c1cccc(F)n1)c1csc(-c2cn[nH]c2)n1. The zero-order valence-corrected chi connectivity index (χ0v) is 18.6. The van der Waals surface area contributed by atoms with Crippen LogP contribution in [0.3, 0.4) is 0 Å². The van der Waals surface area contributed by atoms with E-state index in [0.717, 1.165) is 5.56 Å². The van der Waals surface area contributed by atoms with Gasteiger partial charge in [-0.3, -0.25) is 14.6 Å². The van der Waals surface area contributed by atoms with Crippen LogP contribution in [0.4, 0.5) is 23.2 Å². The second-order valence-electron chi connectivity index (χ2n) is 7.87. The molecule has 9 nitrogen and oxygen atoms in total. The minimum absolute atomic E-state index is 0.168. The smallest absolute Gasteiger partial charge is 0.369 e. The number of rotatable bonds is 7. The number of halogens is 4. The number of thiazole rings is 1. The van der Waals surface area contributed by atoms with Gasteiger partial charge in [0.2, 0.25) is 5.95 Å². The highest BCUT2D eigenvalue weighted by molar-refractivity contribution is 7.13. The number of H-pyrrole nitrogens is 1. The van der Waals surface area contributed by atoms with Crippen molar-refractivity contribution in [3.63, 3.8) is 0 Å². The van der Waals surface area contributed by atoms with Gasteiger partial charge in [-0.2, -0.15) is 27.8 Å². The predicted octanol–water partition coefficient (Wildman–Crippen LogP) is 4.47. The van der Waals surface area contributed by atoms with Gasteiger partial charge in [0.1, 0.15) is 23.0 Å². The Morgan fingerprint density at radius 1 is 1.29 bits per heavy atom. The number of carbonyl (C=O) groups excluding carboxylic acids is 1. The van der Waals surface area contributed by atoms with Crippen LogP contribution >= 0.6 is 11.3 Å². The third kappa shape index (κ3) is 5.22. The Kier molecular flexibility index (Phi) is 6.06. The molecule has 182 valence electrons. The van der Waals surface area contributed by atoms with Crippen molar-refractivity contribution >= 4 is 22.9 Å². The van der Waals surface area contributed by atoms with Gasteiger partial charge in [0.25, 0.3) is 5.91 Å². The number of anilines is 1. The summed E-state index contributed by atoms with van der Waals surface area (Å²) in [6.07, 6.45) is 0.496. The molecule has 0 radical (unpaired) electrons. The van der Waals surface area contributed by atoms with E-state index in [1.807, 2.05) is 0 Å². The number of aromatic amines is 1. The molecule has 4 aromatic heterocycles. The second-order valence-corrected chi connectivity index (χ2v) is 8.73. The molecular weight excluding hydrogens is 490 g/mol. The summed E-state index contributed by atoms with van der Waals surface area (Å²) in [5, 5.41) is 15.9. The molecule has 0 aliphatic heterocycles. The number of nitrogens with zero attached hydrogens (tertiary/aromatic N) is 5. The largest absolute Gasteiger partial charge is 0.411 e. The van der Waals surface area contributed by atoms with Crippen LogP contribution in [-0.4, -0.2) is 54.7 Å². The van der Waals surface area contributed by atoms with Crippen LogP contribution in [0, 0.1) is 5.95 Å². The number of pyridine rings is 1. The van der Waals surface area contributed by atoms with E-state index >= 15 is 0 Å². The molecule has 5 rings (SSSR count). The molecule has 1 fully saturated rings. The molecule has 2 N–H and O–H groups in total. The Labute approximate surface area is 199 Å². The lowest BCUT2D eigenvalue weighted by atomic mass is 9.89. The first kappa shape index (κ1) is 23.1. The number of hydrogen-bond donors (Lipinski definition) is 2. The Balaban J connectivity index is 1.35. The molecule has 0 spiro atoms. The zero-order chi connectivity index (χ0) is 24.6. The molecule has 1 aliphatic carbocycles. The van der Waals surface area contributed by atoms with E-state index in [1.54, 1.807) is 30.0 Å².